The lowest BCUT2D eigenvalue weighted by molar-refractivity contribution is 0.0937. The Bertz CT molecular complexity index is 1060. The first kappa shape index (κ1) is 18.8. The number of primary amides is 1. The molecule has 0 spiro atoms. The number of carbonyl (C=O) groups is 3. The Kier molecular flexibility index (Phi) is 5.16. The van der Waals surface area contributed by atoms with Gasteiger partial charge in [0.25, 0.3) is 17.7 Å². The standard InChI is InChI=1S/C19H16FN5O3/c1-22-19(28)15-16(17(21)26)25(10-23-15)14-7-5-13(6-8-14)24-18(27)11-3-2-4-12(20)9-11/h2-10H,1H3,(H2,21,26)(H,22,28)(H,24,27). The van der Waals surface area contributed by atoms with E-state index in [4.69, 9.17) is 5.73 Å². The van der Waals surface area contributed by atoms with Crippen LogP contribution in [0.1, 0.15) is 31.3 Å². The maximum Gasteiger partial charge on any atom is 0.272 e. The Labute approximate surface area is 159 Å². The molecule has 3 amide bonds. The Morgan fingerprint density at radius 2 is 1.79 bits per heavy atom. The maximum atomic E-state index is 13.2. The molecule has 28 heavy (non-hydrogen) atoms. The topological polar surface area (TPSA) is 119 Å². The second-order valence-corrected chi connectivity index (χ2v) is 5.77. The van der Waals surface area contributed by atoms with Crippen molar-refractivity contribution in [2.24, 2.45) is 5.73 Å². The highest BCUT2D eigenvalue weighted by Crippen LogP contribution is 2.18. The summed E-state index contributed by atoms with van der Waals surface area (Å²) in [7, 11) is 1.42. The van der Waals surface area contributed by atoms with Crippen LogP contribution in [0.2, 0.25) is 0 Å². The van der Waals surface area contributed by atoms with Crippen molar-refractivity contribution < 1.29 is 18.8 Å². The van der Waals surface area contributed by atoms with Gasteiger partial charge in [0.15, 0.2) is 5.69 Å². The predicted molar refractivity (Wildman–Crippen MR) is 99.8 cm³/mol. The van der Waals surface area contributed by atoms with Crippen LogP contribution < -0.4 is 16.4 Å². The molecule has 4 N–H and O–H groups in total. The zero-order chi connectivity index (χ0) is 20.3. The van der Waals surface area contributed by atoms with Gasteiger partial charge in [0.05, 0.1) is 0 Å². The Morgan fingerprint density at radius 3 is 2.39 bits per heavy atom. The molecule has 8 nitrogen and oxygen atoms in total. The number of benzene rings is 2. The van der Waals surface area contributed by atoms with E-state index >= 15 is 0 Å². The van der Waals surface area contributed by atoms with Gasteiger partial charge in [-0.3, -0.25) is 19.0 Å². The van der Waals surface area contributed by atoms with Gasteiger partial charge in [-0.15, -0.1) is 0 Å². The van der Waals surface area contributed by atoms with E-state index in [1.165, 1.54) is 36.1 Å². The molecule has 0 unspecified atom stereocenters. The molecule has 0 atom stereocenters. The van der Waals surface area contributed by atoms with Gasteiger partial charge in [-0.25, -0.2) is 9.37 Å². The lowest BCUT2D eigenvalue weighted by Gasteiger charge is -2.09. The summed E-state index contributed by atoms with van der Waals surface area (Å²) in [4.78, 5) is 39.8. The van der Waals surface area contributed by atoms with E-state index in [1.807, 2.05) is 0 Å². The minimum atomic E-state index is -0.806. The first-order chi connectivity index (χ1) is 13.4. The molecule has 0 aliphatic carbocycles. The molecule has 142 valence electrons. The fraction of sp³-hybridized carbons (Fsp3) is 0.0526. The van der Waals surface area contributed by atoms with Crippen LogP contribution in [0.3, 0.4) is 0 Å². The largest absolute Gasteiger partial charge is 0.364 e. The lowest BCUT2D eigenvalue weighted by atomic mass is 10.2. The first-order valence-corrected chi connectivity index (χ1v) is 8.17. The number of carbonyl (C=O) groups excluding carboxylic acids is 3. The molecule has 0 saturated carbocycles. The molecular weight excluding hydrogens is 365 g/mol. The molecule has 3 aromatic rings. The van der Waals surface area contributed by atoms with Crippen LogP contribution in [-0.2, 0) is 0 Å². The van der Waals surface area contributed by atoms with Crippen molar-refractivity contribution in [1.82, 2.24) is 14.9 Å². The number of amides is 3. The van der Waals surface area contributed by atoms with Crippen molar-refractivity contribution in [3.8, 4) is 5.69 Å². The van der Waals surface area contributed by atoms with Crippen molar-refractivity contribution >= 4 is 23.4 Å². The Balaban J connectivity index is 1.85. The van der Waals surface area contributed by atoms with Gasteiger partial charge in [0.2, 0.25) is 0 Å². The molecule has 0 aliphatic rings. The molecule has 3 rings (SSSR count). The third kappa shape index (κ3) is 3.73. The van der Waals surface area contributed by atoms with Gasteiger partial charge >= 0.3 is 0 Å². The van der Waals surface area contributed by atoms with Crippen LogP contribution in [0, 0.1) is 5.82 Å². The number of hydrogen-bond acceptors (Lipinski definition) is 4. The number of aromatic nitrogens is 2. The Morgan fingerprint density at radius 1 is 1.07 bits per heavy atom. The number of nitrogens with two attached hydrogens (primary N) is 1. The minimum Gasteiger partial charge on any atom is -0.364 e. The zero-order valence-electron chi connectivity index (χ0n) is 14.8. The van der Waals surface area contributed by atoms with E-state index in [9.17, 15) is 18.8 Å². The molecular formula is C19H16FN5O3. The van der Waals surface area contributed by atoms with Crippen LogP contribution in [0.5, 0.6) is 0 Å². The zero-order valence-corrected chi connectivity index (χ0v) is 14.8. The summed E-state index contributed by atoms with van der Waals surface area (Å²) < 4.78 is 14.6. The number of rotatable bonds is 5. The second kappa shape index (κ2) is 7.70. The van der Waals surface area contributed by atoms with E-state index in [0.29, 0.717) is 11.4 Å². The van der Waals surface area contributed by atoms with Gasteiger partial charge < -0.3 is 16.4 Å². The highest BCUT2D eigenvalue weighted by atomic mass is 19.1. The van der Waals surface area contributed by atoms with Crippen LogP contribution in [0.4, 0.5) is 10.1 Å². The van der Waals surface area contributed by atoms with Gasteiger partial charge in [0.1, 0.15) is 17.8 Å². The van der Waals surface area contributed by atoms with Crippen molar-refractivity contribution in [3.63, 3.8) is 0 Å². The molecule has 0 aliphatic heterocycles. The average Bonchev–Trinajstić information content (AvgIpc) is 3.13. The molecule has 0 saturated heterocycles. The fourth-order valence-corrected chi connectivity index (χ4v) is 2.60. The van der Waals surface area contributed by atoms with Crippen LogP contribution in [0.25, 0.3) is 5.69 Å². The van der Waals surface area contributed by atoms with E-state index in [2.05, 4.69) is 15.6 Å². The summed E-state index contributed by atoms with van der Waals surface area (Å²) in [5.41, 5.74) is 6.41. The lowest BCUT2D eigenvalue weighted by Crippen LogP contribution is -2.25. The van der Waals surface area contributed by atoms with Gasteiger partial charge in [-0.05, 0) is 42.5 Å². The summed E-state index contributed by atoms with van der Waals surface area (Å²) in [6, 6.07) is 11.7. The highest BCUT2D eigenvalue weighted by Gasteiger charge is 2.22. The second-order valence-electron chi connectivity index (χ2n) is 5.77. The van der Waals surface area contributed by atoms with Crippen LogP contribution >= 0.6 is 0 Å². The molecule has 0 fully saturated rings. The van der Waals surface area contributed by atoms with Gasteiger partial charge in [-0.2, -0.15) is 0 Å². The van der Waals surface area contributed by atoms with Gasteiger partial charge in [0, 0.05) is 24.0 Å². The SMILES string of the molecule is CNC(=O)c1ncn(-c2ccc(NC(=O)c3cccc(F)c3)cc2)c1C(N)=O. The van der Waals surface area contributed by atoms with Crippen molar-refractivity contribution in [3.05, 3.63) is 77.6 Å². The quantitative estimate of drug-likeness (QED) is 0.623. The summed E-state index contributed by atoms with van der Waals surface area (Å²) in [5.74, 6) is -2.31. The normalized spacial score (nSPS) is 10.4. The van der Waals surface area contributed by atoms with Crippen LogP contribution in [-0.4, -0.2) is 34.3 Å². The van der Waals surface area contributed by atoms with Crippen molar-refractivity contribution in [2.75, 3.05) is 12.4 Å². The third-order valence-electron chi connectivity index (χ3n) is 3.93. The maximum absolute atomic E-state index is 13.2. The molecule has 9 heteroatoms. The minimum absolute atomic E-state index is 0.0594. The summed E-state index contributed by atoms with van der Waals surface area (Å²) in [5, 5.41) is 5.04. The Hall–Kier alpha value is -4.01. The van der Waals surface area contributed by atoms with Gasteiger partial charge in [-0.1, -0.05) is 6.07 Å². The van der Waals surface area contributed by atoms with E-state index in [0.717, 1.165) is 6.07 Å². The summed E-state index contributed by atoms with van der Waals surface area (Å²) in [6.45, 7) is 0. The van der Waals surface area contributed by atoms with E-state index in [-0.39, 0.29) is 17.0 Å². The number of hydrogen-bond donors (Lipinski definition) is 3. The smallest absolute Gasteiger partial charge is 0.272 e. The van der Waals surface area contributed by atoms with Crippen LogP contribution in [0.15, 0.2) is 54.9 Å². The molecule has 0 radical (unpaired) electrons. The van der Waals surface area contributed by atoms with Crippen molar-refractivity contribution in [1.29, 1.82) is 0 Å². The monoisotopic (exact) mass is 381 g/mol. The third-order valence-corrected chi connectivity index (χ3v) is 3.93. The summed E-state index contributed by atoms with van der Waals surface area (Å²) >= 11 is 0. The van der Waals surface area contributed by atoms with E-state index < -0.39 is 23.5 Å². The number of anilines is 1. The number of nitrogens with one attached hydrogen (secondary N) is 2. The predicted octanol–water partition coefficient (Wildman–Crippen LogP) is 1.72. The molecule has 1 heterocycles. The average molecular weight is 381 g/mol. The summed E-state index contributed by atoms with van der Waals surface area (Å²) in [6.07, 6.45) is 1.31. The van der Waals surface area contributed by atoms with Crippen molar-refractivity contribution in [2.45, 2.75) is 0 Å². The fourth-order valence-electron chi connectivity index (χ4n) is 2.60. The first-order valence-electron chi connectivity index (χ1n) is 8.17. The number of halogens is 1. The highest BCUT2D eigenvalue weighted by molar-refractivity contribution is 6.05. The molecule has 0 bridgehead atoms. The number of nitrogens with zero attached hydrogens (tertiary/aromatic N) is 2. The molecule has 2 aromatic carbocycles. The van der Waals surface area contributed by atoms with E-state index in [1.54, 1.807) is 24.3 Å². The molecule has 1 aromatic heterocycles. The number of imidazole rings is 1.